The largest absolute Gasteiger partial charge is 0.325 e. The number of hydrogen-bond donors (Lipinski definition) is 1. The van der Waals surface area contributed by atoms with Crippen molar-refractivity contribution in [3.8, 4) is 0 Å². The first-order valence-electron chi connectivity index (χ1n) is 12.0. The molecule has 188 valence electrons. The molecule has 0 radical (unpaired) electrons. The lowest BCUT2D eigenvalue weighted by molar-refractivity contribution is -0.120. The second-order valence-corrected chi connectivity index (χ2v) is 11.4. The summed E-state index contributed by atoms with van der Waals surface area (Å²) >= 11 is 6.15. The van der Waals surface area contributed by atoms with Crippen LogP contribution in [0.3, 0.4) is 0 Å². The van der Waals surface area contributed by atoms with Crippen molar-refractivity contribution in [2.45, 2.75) is 17.7 Å². The lowest BCUT2D eigenvalue weighted by Crippen LogP contribution is -2.41. The van der Waals surface area contributed by atoms with Gasteiger partial charge in [-0.25, -0.2) is 8.42 Å². The van der Waals surface area contributed by atoms with E-state index in [1.54, 1.807) is 54.6 Å². The molecule has 0 aromatic heterocycles. The molecule has 0 atom stereocenters. The Morgan fingerprint density at radius 1 is 0.811 bits per heavy atom. The van der Waals surface area contributed by atoms with E-state index < -0.39 is 10.0 Å². The number of amides is 1. The van der Waals surface area contributed by atoms with E-state index in [1.807, 2.05) is 36.4 Å². The van der Waals surface area contributed by atoms with E-state index in [1.165, 1.54) is 4.31 Å². The first-order chi connectivity index (χ1) is 17.8. The van der Waals surface area contributed by atoms with Crippen LogP contribution in [0.1, 0.15) is 28.8 Å². The third kappa shape index (κ3) is 5.30. The molecule has 1 fully saturated rings. The van der Waals surface area contributed by atoms with Crippen molar-refractivity contribution in [2.75, 3.05) is 18.4 Å². The lowest BCUT2D eigenvalue weighted by Gasteiger charge is -2.30. The molecule has 0 bridgehead atoms. The van der Waals surface area contributed by atoms with Gasteiger partial charge >= 0.3 is 0 Å². The number of anilines is 1. The number of benzene rings is 4. The molecule has 8 heteroatoms. The van der Waals surface area contributed by atoms with E-state index in [0.29, 0.717) is 34.7 Å². The smallest absolute Gasteiger partial charge is 0.243 e. The zero-order valence-electron chi connectivity index (χ0n) is 19.9. The molecule has 1 saturated heterocycles. The van der Waals surface area contributed by atoms with Gasteiger partial charge in [-0.15, -0.1) is 0 Å². The standard InChI is InChI=1S/C29H25ClN2O4S/c30-24-11-13-27(26(19-24)28(33)21-7-2-1-3-8-21)31-29(34)22-14-16-32(17-15-22)37(35,36)25-12-10-20-6-4-5-9-23(20)18-25/h1-13,18-19,22H,14-17H2,(H,31,34). The molecule has 0 spiro atoms. The van der Waals surface area contributed by atoms with Crippen molar-refractivity contribution in [2.24, 2.45) is 5.92 Å². The summed E-state index contributed by atoms with van der Waals surface area (Å²) in [4.78, 5) is 26.4. The minimum absolute atomic E-state index is 0.240. The maximum absolute atomic E-state index is 13.3. The van der Waals surface area contributed by atoms with Crippen molar-refractivity contribution < 1.29 is 18.0 Å². The van der Waals surface area contributed by atoms with Crippen LogP contribution in [0, 0.1) is 5.92 Å². The van der Waals surface area contributed by atoms with Gasteiger partial charge in [-0.05, 0) is 53.9 Å². The number of nitrogens with one attached hydrogen (secondary N) is 1. The molecule has 0 aliphatic carbocycles. The van der Waals surface area contributed by atoms with Gasteiger partial charge in [-0.1, -0.05) is 72.3 Å². The molecule has 4 aromatic carbocycles. The minimum atomic E-state index is -3.67. The number of rotatable bonds is 6. The zero-order chi connectivity index (χ0) is 26.0. The summed E-state index contributed by atoms with van der Waals surface area (Å²) in [7, 11) is -3.67. The number of nitrogens with zero attached hydrogens (tertiary/aromatic N) is 1. The van der Waals surface area contributed by atoms with Gasteiger partial charge in [0.2, 0.25) is 15.9 Å². The first-order valence-corrected chi connectivity index (χ1v) is 13.8. The molecule has 1 N–H and O–H groups in total. The van der Waals surface area contributed by atoms with Crippen LogP contribution in [-0.4, -0.2) is 37.5 Å². The second kappa shape index (κ2) is 10.5. The first kappa shape index (κ1) is 25.1. The van der Waals surface area contributed by atoms with E-state index in [0.717, 1.165) is 10.8 Å². The second-order valence-electron chi connectivity index (χ2n) is 9.06. The predicted molar refractivity (Wildman–Crippen MR) is 145 cm³/mol. The van der Waals surface area contributed by atoms with Crippen LogP contribution in [0.2, 0.25) is 5.02 Å². The molecule has 1 amide bonds. The Balaban J connectivity index is 1.28. The van der Waals surface area contributed by atoms with E-state index in [4.69, 9.17) is 11.6 Å². The van der Waals surface area contributed by atoms with Gasteiger partial charge in [-0.3, -0.25) is 9.59 Å². The van der Waals surface area contributed by atoms with Crippen molar-refractivity contribution in [1.82, 2.24) is 4.31 Å². The zero-order valence-corrected chi connectivity index (χ0v) is 21.5. The molecule has 6 nitrogen and oxygen atoms in total. The maximum Gasteiger partial charge on any atom is 0.243 e. The topological polar surface area (TPSA) is 83.6 Å². The Bertz CT molecular complexity index is 1580. The number of halogens is 1. The highest BCUT2D eigenvalue weighted by Gasteiger charge is 2.32. The monoisotopic (exact) mass is 532 g/mol. The molecule has 1 aliphatic heterocycles. The molecule has 0 saturated carbocycles. The molecular formula is C29H25ClN2O4S. The number of ketones is 1. The van der Waals surface area contributed by atoms with Crippen LogP contribution in [-0.2, 0) is 14.8 Å². The molecule has 37 heavy (non-hydrogen) atoms. The van der Waals surface area contributed by atoms with E-state index in [9.17, 15) is 18.0 Å². The van der Waals surface area contributed by atoms with Gasteiger partial charge in [0.25, 0.3) is 0 Å². The van der Waals surface area contributed by atoms with Gasteiger partial charge < -0.3 is 5.32 Å². The lowest BCUT2D eigenvalue weighted by atomic mass is 9.96. The van der Waals surface area contributed by atoms with Crippen molar-refractivity contribution in [1.29, 1.82) is 0 Å². The summed E-state index contributed by atoms with van der Waals surface area (Å²) < 4.78 is 28.0. The Morgan fingerprint density at radius 3 is 2.22 bits per heavy atom. The predicted octanol–water partition coefficient (Wildman–Crippen LogP) is 5.76. The van der Waals surface area contributed by atoms with Crippen molar-refractivity contribution in [3.63, 3.8) is 0 Å². The van der Waals surface area contributed by atoms with E-state index in [2.05, 4.69) is 5.32 Å². The van der Waals surface area contributed by atoms with Crippen molar-refractivity contribution in [3.05, 3.63) is 107 Å². The van der Waals surface area contributed by atoms with E-state index in [-0.39, 0.29) is 35.6 Å². The van der Waals surface area contributed by atoms with Crippen LogP contribution in [0.4, 0.5) is 5.69 Å². The highest BCUT2D eigenvalue weighted by Crippen LogP contribution is 2.29. The molecule has 1 heterocycles. The fraction of sp³-hybridized carbons (Fsp3) is 0.172. The third-order valence-corrected chi connectivity index (χ3v) is 8.83. The minimum Gasteiger partial charge on any atom is -0.325 e. The van der Waals surface area contributed by atoms with Gasteiger partial charge in [0, 0.05) is 35.2 Å². The Kier molecular flexibility index (Phi) is 7.11. The number of carbonyl (C=O) groups excluding carboxylic acids is 2. The quantitative estimate of drug-likeness (QED) is 0.320. The fourth-order valence-corrected chi connectivity index (χ4v) is 6.31. The molecular weight excluding hydrogens is 508 g/mol. The van der Waals surface area contributed by atoms with Crippen LogP contribution >= 0.6 is 11.6 Å². The van der Waals surface area contributed by atoms with E-state index >= 15 is 0 Å². The van der Waals surface area contributed by atoms with Gasteiger partial charge in [0.1, 0.15) is 0 Å². The van der Waals surface area contributed by atoms with Crippen LogP contribution in [0.25, 0.3) is 10.8 Å². The number of piperidine rings is 1. The Labute approximate surface area is 220 Å². The normalized spacial score (nSPS) is 14.9. The molecule has 5 rings (SSSR count). The van der Waals surface area contributed by atoms with Crippen LogP contribution in [0.15, 0.2) is 95.9 Å². The summed E-state index contributed by atoms with van der Waals surface area (Å²) in [5.74, 6) is -0.861. The number of fused-ring (bicyclic) bond motifs is 1. The summed E-state index contributed by atoms with van der Waals surface area (Å²) in [6.07, 6.45) is 0.766. The highest BCUT2D eigenvalue weighted by atomic mass is 35.5. The number of hydrogen-bond acceptors (Lipinski definition) is 4. The highest BCUT2D eigenvalue weighted by molar-refractivity contribution is 7.89. The van der Waals surface area contributed by atoms with Crippen LogP contribution in [0.5, 0.6) is 0 Å². The average Bonchev–Trinajstić information content (AvgIpc) is 2.93. The average molecular weight is 533 g/mol. The van der Waals surface area contributed by atoms with Gasteiger partial charge in [-0.2, -0.15) is 4.31 Å². The summed E-state index contributed by atoms with van der Waals surface area (Å²) in [5.41, 5.74) is 1.19. The Morgan fingerprint density at radius 2 is 1.49 bits per heavy atom. The number of carbonyl (C=O) groups is 2. The SMILES string of the molecule is O=C(c1ccccc1)c1cc(Cl)ccc1NC(=O)C1CCN(S(=O)(=O)c2ccc3ccccc3c2)CC1. The maximum atomic E-state index is 13.3. The molecule has 1 aliphatic rings. The summed E-state index contributed by atoms with van der Waals surface area (Å²) in [6, 6.07) is 26.3. The Hall–Kier alpha value is -3.52. The third-order valence-electron chi connectivity index (χ3n) is 6.70. The van der Waals surface area contributed by atoms with Crippen LogP contribution < -0.4 is 5.32 Å². The van der Waals surface area contributed by atoms with Gasteiger partial charge in [0.05, 0.1) is 10.6 Å². The summed E-state index contributed by atoms with van der Waals surface area (Å²) in [6.45, 7) is 0.479. The summed E-state index contributed by atoms with van der Waals surface area (Å²) in [5, 5.41) is 5.11. The number of sulfonamides is 1. The van der Waals surface area contributed by atoms with Crippen molar-refractivity contribution >= 4 is 49.8 Å². The molecule has 4 aromatic rings. The van der Waals surface area contributed by atoms with Gasteiger partial charge in [0.15, 0.2) is 5.78 Å². The fourth-order valence-electron chi connectivity index (χ4n) is 4.63. The molecule has 0 unspecified atom stereocenters.